The summed E-state index contributed by atoms with van der Waals surface area (Å²) in [4.78, 5) is 24.2. The molecule has 0 aromatic carbocycles. The van der Waals surface area contributed by atoms with Crippen LogP contribution in [0.25, 0.3) is 0 Å². The van der Waals surface area contributed by atoms with Crippen molar-refractivity contribution >= 4 is 6.29 Å². The highest BCUT2D eigenvalue weighted by Crippen LogP contribution is 2.07. The Kier molecular flexibility index (Phi) is 5.70. The molecule has 9 heteroatoms. The Morgan fingerprint density at radius 2 is 2.07 bits per heavy atom. The largest absolute Gasteiger partial charge is 0.394 e. The van der Waals surface area contributed by atoms with Crippen molar-refractivity contribution in [1.29, 1.82) is 0 Å². The van der Waals surface area contributed by atoms with Crippen molar-refractivity contribution < 1.29 is 30.0 Å². The van der Waals surface area contributed by atoms with Gasteiger partial charge in [-0.1, -0.05) is 0 Å². The summed E-state index contributed by atoms with van der Waals surface area (Å²) in [5.74, 6) is 0. The quantitative estimate of drug-likeness (QED) is 0.200. The molecule has 4 atom stereocenters. The Morgan fingerprint density at radius 1 is 1.53 bits per heavy atom. The van der Waals surface area contributed by atoms with Crippen LogP contribution in [0.5, 0.6) is 0 Å². The summed E-state index contributed by atoms with van der Waals surface area (Å²) in [6.45, 7) is -0.843. The summed E-state index contributed by atoms with van der Waals surface area (Å²) in [6.07, 6.45) is -5.11. The van der Waals surface area contributed by atoms with Crippen LogP contribution in [-0.4, -0.2) is 57.7 Å². The van der Waals surface area contributed by atoms with E-state index in [-0.39, 0.29) is 6.29 Å². The van der Waals surface area contributed by atoms with Crippen molar-refractivity contribution in [2.75, 3.05) is 6.61 Å². The van der Waals surface area contributed by atoms with Crippen molar-refractivity contribution in [1.82, 2.24) is 0 Å². The van der Waals surface area contributed by atoms with Gasteiger partial charge in [0.05, 0.1) is 12.6 Å². The van der Waals surface area contributed by atoms with Gasteiger partial charge < -0.3 is 30.7 Å². The molecule has 0 aliphatic heterocycles. The van der Waals surface area contributed by atoms with Gasteiger partial charge in [0.2, 0.25) is 0 Å². The van der Waals surface area contributed by atoms with Crippen LogP contribution in [0.1, 0.15) is 0 Å². The van der Waals surface area contributed by atoms with Gasteiger partial charge in [0.25, 0.3) is 5.09 Å². The number of nitrogens with zero attached hydrogens (tertiary/aromatic N) is 1. The second-order valence-corrected chi connectivity index (χ2v) is 2.75. The van der Waals surface area contributed by atoms with E-state index in [1.54, 1.807) is 0 Å². The predicted octanol–water partition coefficient (Wildman–Crippen LogP) is -3.20. The van der Waals surface area contributed by atoms with E-state index in [9.17, 15) is 20.0 Å². The first-order valence-electron chi connectivity index (χ1n) is 3.93. The minimum atomic E-state index is -1.83. The molecule has 0 aromatic rings. The van der Waals surface area contributed by atoms with Crippen LogP contribution in [0, 0.1) is 10.1 Å². The molecule has 0 aliphatic rings. The molecule has 5 N–H and O–H groups in total. The molecule has 0 amide bonds. The van der Waals surface area contributed by atoms with E-state index in [0.717, 1.165) is 0 Å². The number of aliphatic hydroxyl groups excluding tert-OH is 3. The van der Waals surface area contributed by atoms with Gasteiger partial charge in [0, 0.05) is 0 Å². The van der Waals surface area contributed by atoms with Crippen molar-refractivity contribution in [2.24, 2.45) is 5.73 Å². The van der Waals surface area contributed by atoms with Gasteiger partial charge in [-0.25, -0.2) is 0 Å². The van der Waals surface area contributed by atoms with Crippen LogP contribution in [0.4, 0.5) is 0 Å². The van der Waals surface area contributed by atoms with Gasteiger partial charge >= 0.3 is 0 Å². The molecule has 0 spiro atoms. The molecule has 0 aromatic heterocycles. The number of hydrogen-bond donors (Lipinski definition) is 4. The van der Waals surface area contributed by atoms with Gasteiger partial charge in [0.1, 0.15) is 18.5 Å². The first-order chi connectivity index (χ1) is 6.93. The first kappa shape index (κ1) is 13.7. The van der Waals surface area contributed by atoms with Gasteiger partial charge in [0.15, 0.2) is 6.10 Å². The van der Waals surface area contributed by atoms with E-state index in [1.807, 2.05) is 0 Å². The smallest absolute Gasteiger partial charge is 0.294 e. The SMILES string of the molecule is N[C@@H](C=O)[C@@H](O[N+](=O)[O-])[C@H](O)[C@H](O)CO. The lowest BCUT2D eigenvalue weighted by atomic mass is 10.0. The standard InChI is InChI=1S/C6H12N2O7/c7-3(1-9)6(15-8(13)14)5(12)4(11)2-10/h1,3-6,10-12H,2,7H2/t3-,4+,5+,6+/m0/s1. The Balaban J connectivity index is 4.60. The second kappa shape index (κ2) is 6.24. The molecule has 88 valence electrons. The number of hydrogen-bond acceptors (Lipinski definition) is 8. The summed E-state index contributed by atoms with van der Waals surface area (Å²) in [6, 6.07) is -1.48. The summed E-state index contributed by atoms with van der Waals surface area (Å²) in [7, 11) is 0. The molecule has 0 radical (unpaired) electrons. The maximum atomic E-state index is 10.3. The third-order valence-electron chi connectivity index (χ3n) is 1.66. The zero-order chi connectivity index (χ0) is 12.0. The van der Waals surface area contributed by atoms with E-state index < -0.39 is 36.0 Å². The highest BCUT2D eigenvalue weighted by atomic mass is 17.0. The average Bonchev–Trinajstić information content (AvgIpc) is 2.22. The van der Waals surface area contributed by atoms with Gasteiger partial charge in [-0.3, -0.25) is 0 Å². The fraction of sp³-hybridized carbons (Fsp3) is 0.833. The fourth-order valence-corrected chi connectivity index (χ4v) is 0.864. The van der Waals surface area contributed by atoms with Crippen molar-refractivity contribution in [3.05, 3.63) is 10.1 Å². The minimum Gasteiger partial charge on any atom is -0.394 e. The monoisotopic (exact) mass is 224 g/mol. The average molecular weight is 224 g/mol. The van der Waals surface area contributed by atoms with Crippen molar-refractivity contribution in [3.8, 4) is 0 Å². The molecule has 9 nitrogen and oxygen atoms in total. The molecule has 0 saturated heterocycles. The van der Waals surface area contributed by atoms with E-state index >= 15 is 0 Å². The Labute approximate surface area is 84.2 Å². The van der Waals surface area contributed by atoms with E-state index in [2.05, 4.69) is 4.84 Å². The number of nitrogens with two attached hydrogens (primary N) is 1. The zero-order valence-corrected chi connectivity index (χ0v) is 7.59. The summed E-state index contributed by atoms with van der Waals surface area (Å²) < 4.78 is 0. The van der Waals surface area contributed by atoms with E-state index in [0.29, 0.717) is 0 Å². The third kappa shape index (κ3) is 4.16. The minimum absolute atomic E-state index is 0.126. The molecular formula is C6H12N2O7. The summed E-state index contributed by atoms with van der Waals surface area (Å²) >= 11 is 0. The topological polar surface area (TPSA) is 156 Å². The maximum absolute atomic E-state index is 10.3. The predicted molar refractivity (Wildman–Crippen MR) is 45.0 cm³/mol. The second-order valence-electron chi connectivity index (χ2n) is 2.75. The lowest BCUT2D eigenvalue weighted by Crippen LogP contribution is -2.52. The van der Waals surface area contributed by atoms with Gasteiger partial charge in [-0.15, -0.1) is 10.1 Å². The van der Waals surface area contributed by atoms with E-state index in [1.165, 1.54) is 0 Å². The lowest BCUT2D eigenvalue weighted by molar-refractivity contribution is -0.771. The van der Waals surface area contributed by atoms with Crippen molar-refractivity contribution in [3.63, 3.8) is 0 Å². The summed E-state index contributed by atoms with van der Waals surface area (Å²) in [5.41, 5.74) is 5.11. The van der Waals surface area contributed by atoms with Gasteiger partial charge in [-0.05, 0) is 0 Å². The van der Waals surface area contributed by atoms with Crippen LogP contribution < -0.4 is 5.73 Å². The van der Waals surface area contributed by atoms with Crippen LogP contribution in [0.3, 0.4) is 0 Å². The molecule has 0 aliphatic carbocycles. The van der Waals surface area contributed by atoms with E-state index in [4.69, 9.17) is 15.9 Å². The number of carbonyl (C=O) groups is 1. The fourth-order valence-electron chi connectivity index (χ4n) is 0.864. The summed E-state index contributed by atoms with van der Waals surface area (Å²) in [5, 5.41) is 35.5. The zero-order valence-electron chi connectivity index (χ0n) is 7.59. The highest BCUT2D eigenvalue weighted by Gasteiger charge is 2.33. The van der Waals surface area contributed by atoms with Crippen LogP contribution in [0.15, 0.2) is 0 Å². The third-order valence-corrected chi connectivity index (χ3v) is 1.66. The number of rotatable bonds is 7. The number of aldehydes is 1. The Bertz CT molecular complexity index is 224. The van der Waals surface area contributed by atoms with Crippen molar-refractivity contribution in [2.45, 2.75) is 24.4 Å². The molecule has 0 unspecified atom stereocenters. The first-order valence-corrected chi connectivity index (χ1v) is 3.93. The number of carbonyl (C=O) groups excluding carboxylic acids is 1. The highest BCUT2D eigenvalue weighted by molar-refractivity contribution is 5.58. The van der Waals surface area contributed by atoms with Crippen LogP contribution >= 0.6 is 0 Å². The molecule has 15 heavy (non-hydrogen) atoms. The Hall–Kier alpha value is -1.29. The maximum Gasteiger partial charge on any atom is 0.294 e. The molecule has 0 heterocycles. The van der Waals surface area contributed by atoms with Crippen LogP contribution in [0.2, 0.25) is 0 Å². The van der Waals surface area contributed by atoms with Crippen LogP contribution in [-0.2, 0) is 9.63 Å². The number of aliphatic hydroxyl groups is 3. The molecule has 0 bridgehead atoms. The lowest BCUT2D eigenvalue weighted by Gasteiger charge is -2.25. The normalized spacial score (nSPS) is 18.7. The molecule has 0 fully saturated rings. The van der Waals surface area contributed by atoms with Gasteiger partial charge in [-0.2, -0.15) is 0 Å². The molecule has 0 saturated carbocycles. The molecular weight excluding hydrogens is 212 g/mol. The Morgan fingerprint density at radius 3 is 2.40 bits per heavy atom. The molecule has 0 rings (SSSR count).